The molecule has 2 rings (SSSR count). The van der Waals surface area contributed by atoms with Crippen LogP contribution in [0, 0.1) is 0 Å². The first kappa shape index (κ1) is 13.6. The van der Waals surface area contributed by atoms with E-state index in [1.54, 1.807) is 6.20 Å². The molecule has 4 nitrogen and oxygen atoms in total. The zero-order valence-corrected chi connectivity index (χ0v) is 11.2. The van der Waals surface area contributed by atoms with E-state index >= 15 is 0 Å². The molecule has 19 heavy (non-hydrogen) atoms. The summed E-state index contributed by atoms with van der Waals surface area (Å²) in [7, 11) is 0. The number of benzene rings is 1. The number of hydrogen-bond donors (Lipinski definition) is 2. The minimum Gasteiger partial charge on any atom is -0.384 e. The molecule has 1 aromatic carbocycles. The van der Waals surface area contributed by atoms with E-state index < -0.39 is 6.10 Å². The van der Waals surface area contributed by atoms with Crippen LogP contribution in [0.25, 0.3) is 11.3 Å². The summed E-state index contributed by atoms with van der Waals surface area (Å²) >= 11 is 0. The molecule has 0 saturated carbocycles. The van der Waals surface area contributed by atoms with Crippen molar-refractivity contribution in [3.8, 4) is 11.3 Å². The van der Waals surface area contributed by atoms with Crippen molar-refractivity contribution in [2.75, 3.05) is 6.54 Å². The normalized spacial score (nSPS) is 12.7. The number of nitrogens with zero attached hydrogens (tertiary/aromatic N) is 2. The fourth-order valence-corrected chi connectivity index (χ4v) is 1.84. The molecule has 1 aromatic heterocycles. The van der Waals surface area contributed by atoms with Crippen molar-refractivity contribution >= 4 is 0 Å². The molecule has 1 atom stereocenters. The van der Waals surface area contributed by atoms with Gasteiger partial charge in [-0.3, -0.25) is 0 Å². The lowest BCUT2D eigenvalue weighted by molar-refractivity contribution is 0.176. The second-order valence-corrected chi connectivity index (χ2v) is 4.83. The van der Waals surface area contributed by atoms with Gasteiger partial charge in [-0.25, -0.2) is 9.97 Å². The number of nitrogens with two attached hydrogens (primary N) is 1. The Morgan fingerprint density at radius 3 is 2.42 bits per heavy atom. The fourth-order valence-electron chi connectivity index (χ4n) is 1.84. The maximum absolute atomic E-state index is 9.67. The molecular weight excluding hydrogens is 238 g/mol. The minimum atomic E-state index is -0.810. The Morgan fingerprint density at radius 1 is 1.16 bits per heavy atom. The number of hydrogen-bond acceptors (Lipinski definition) is 4. The van der Waals surface area contributed by atoms with E-state index in [4.69, 9.17) is 5.73 Å². The van der Waals surface area contributed by atoms with E-state index in [1.165, 1.54) is 5.56 Å². The van der Waals surface area contributed by atoms with Crippen molar-refractivity contribution in [2.45, 2.75) is 25.9 Å². The highest BCUT2D eigenvalue weighted by Crippen LogP contribution is 2.21. The summed E-state index contributed by atoms with van der Waals surface area (Å²) < 4.78 is 0. The molecule has 0 amide bonds. The second kappa shape index (κ2) is 5.91. The first-order valence-electron chi connectivity index (χ1n) is 6.43. The Labute approximate surface area is 113 Å². The van der Waals surface area contributed by atoms with Crippen LogP contribution in [0.5, 0.6) is 0 Å². The minimum absolute atomic E-state index is 0.121. The Hall–Kier alpha value is -1.78. The highest BCUT2D eigenvalue weighted by molar-refractivity contribution is 5.59. The quantitative estimate of drug-likeness (QED) is 0.881. The van der Waals surface area contributed by atoms with Gasteiger partial charge >= 0.3 is 0 Å². The monoisotopic (exact) mass is 257 g/mol. The first-order chi connectivity index (χ1) is 9.11. The molecule has 3 N–H and O–H groups in total. The van der Waals surface area contributed by atoms with Crippen LogP contribution in [0.1, 0.15) is 37.3 Å². The summed E-state index contributed by atoms with van der Waals surface area (Å²) in [6.07, 6.45) is 0.835. The van der Waals surface area contributed by atoms with Crippen molar-refractivity contribution in [2.24, 2.45) is 5.73 Å². The van der Waals surface area contributed by atoms with Gasteiger partial charge < -0.3 is 10.8 Å². The van der Waals surface area contributed by atoms with Crippen molar-refractivity contribution in [3.63, 3.8) is 0 Å². The summed E-state index contributed by atoms with van der Waals surface area (Å²) in [5.41, 5.74) is 8.52. The van der Waals surface area contributed by atoms with Crippen LogP contribution in [0.3, 0.4) is 0 Å². The molecule has 0 bridgehead atoms. The molecule has 0 fully saturated rings. The van der Waals surface area contributed by atoms with Crippen LogP contribution in [-0.2, 0) is 0 Å². The van der Waals surface area contributed by atoms with Crippen LogP contribution >= 0.6 is 0 Å². The van der Waals surface area contributed by atoms with Crippen LogP contribution in [0.2, 0.25) is 0 Å². The molecule has 1 heterocycles. The van der Waals surface area contributed by atoms with Gasteiger partial charge in [-0.05, 0) is 17.5 Å². The average Bonchev–Trinajstić information content (AvgIpc) is 2.46. The Morgan fingerprint density at radius 2 is 1.84 bits per heavy atom. The molecule has 0 aliphatic carbocycles. The predicted molar refractivity (Wildman–Crippen MR) is 75.6 cm³/mol. The van der Waals surface area contributed by atoms with E-state index in [-0.39, 0.29) is 6.54 Å². The SMILES string of the molecule is CC(C)c1ccc(-c2ccnc(C(O)CN)n2)cc1. The second-order valence-electron chi connectivity index (χ2n) is 4.83. The van der Waals surface area contributed by atoms with Crippen molar-refractivity contribution in [1.82, 2.24) is 9.97 Å². The van der Waals surface area contributed by atoms with Crippen LogP contribution in [0.4, 0.5) is 0 Å². The predicted octanol–water partition coefficient (Wildman–Crippen LogP) is 2.26. The number of aliphatic hydroxyl groups is 1. The summed E-state index contributed by atoms with van der Waals surface area (Å²) in [6.45, 7) is 4.44. The third-order valence-corrected chi connectivity index (χ3v) is 3.07. The van der Waals surface area contributed by atoms with Crippen molar-refractivity contribution in [1.29, 1.82) is 0 Å². The van der Waals surface area contributed by atoms with Crippen LogP contribution < -0.4 is 5.73 Å². The molecule has 0 radical (unpaired) electrons. The van der Waals surface area contributed by atoms with Gasteiger partial charge in [0.05, 0.1) is 5.69 Å². The van der Waals surface area contributed by atoms with Crippen molar-refractivity contribution in [3.05, 3.63) is 47.9 Å². The molecule has 0 aliphatic rings. The molecule has 0 spiro atoms. The van der Waals surface area contributed by atoms with E-state index in [0.717, 1.165) is 11.3 Å². The van der Waals surface area contributed by atoms with Gasteiger partial charge in [0, 0.05) is 18.3 Å². The van der Waals surface area contributed by atoms with Crippen LogP contribution in [0.15, 0.2) is 36.5 Å². The van der Waals surface area contributed by atoms with Gasteiger partial charge in [-0.1, -0.05) is 38.1 Å². The van der Waals surface area contributed by atoms with Crippen molar-refractivity contribution < 1.29 is 5.11 Å². The topological polar surface area (TPSA) is 72.0 Å². The number of rotatable bonds is 4. The van der Waals surface area contributed by atoms with E-state index in [9.17, 15) is 5.11 Å². The maximum atomic E-state index is 9.67. The third-order valence-electron chi connectivity index (χ3n) is 3.07. The Balaban J connectivity index is 2.31. The standard InChI is InChI=1S/C15H19N3O/c1-10(2)11-3-5-12(6-4-11)13-7-8-17-15(18-13)14(19)9-16/h3-8,10,14,19H,9,16H2,1-2H3. The number of aliphatic hydroxyl groups excluding tert-OH is 1. The van der Waals surface area contributed by atoms with E-state index in [1.807, 2.05) is 18.2 Å². The van der Waals surface area contributed by atoms with E-state index in [2.05, 4.69) is 35.9 Å². The maximum Gasteiger partial charge on any atom is 0.158 e. The smallest absolute Gasteiger partial charge is 0.158 e. The summed E-state index contributed by atoms with van der Waals surface area (Å²) in [5.74, 6) is 0.877. The van der Waals surface area contributed by atoms with Gasteiger partial charge in [-0.15, -0.1) is 0 Å². The van der Waals surface area contributed by atoms with E-state index in [0.29, 0.717) is 11.7 Å². The van der Waals surface area contributed by atoms with Gasteiger partial charge in [0.1, 0.15) is 6.10 Å². The van der Waals surface area contributed by atoms with Gasteiger partial charge in [-0.2, -0.15) is 0 Å². The fraction of sp³-hybridized carbons (Fsp3) is 0.333. The Kier molecular flexibility index (Phi) is 4.24. The molecule has 100 valence electrons. The summed E-state index contributed by atoms with van der Waals surface area (Å²) in [5, 5.41) is 9.67. The first-order valence-corrected chi connectivity index (χ1v) is 6.43. The van der Waals surface area contributed by atoms with Gasteiger partial charge in [0.2, 0.25) is 0 Å². The highest BCUT2D eigenvalue weighted by atomic mass is 16.3. The van der Waals surface area contributed by atoms with Gasteiger partial charge in [0.25, 0.3) is 0 Å². The highest BCUT2D eigenvalue weighted by Gasteiger charge is 2.10. The zero-order chi connectivity index (χ0) is 13.8. The summed E-state index contributed by atoms with van der Waals surface area (Å²) in [4.78, 5) is 8.39. The Bertz CT molecular complexity index is 537. The largest absolute Gasteiger partial charge is 0.384 e. The van der Waals surface area contributed by atoms with Gasteiger partial charge in [0.15, 0.2) is 5.82 Å². The molecule has 0 saturated heterocycles. The lowest BCUT2D eigenvalue weighted by atomic mass is 10.0. The molecule has 2 aromatic rings. The third kappa shape index (κ3) is 3.16. The lowest BCUT2D eigenvalue weighted by Gasteiger charge is -2.09. The van der Waals surface area contributed by atoms with Crippen LogP contribution in [-0.4, -0.2) is 21.6 Å². The molecular formula is C15H19N3O. The number of aromatic nitrogens is 2. The molecule has 1 unspecified atom stereocenters. The lowest BCUT2D eigenvalue weighted by Crippen LogP contribution is -2.14. The zero-order valence-electron chi connectivity index (χ0n) is 11.2. The summed E-state index contributed by atoms with van der Waals surface area (Å²) in [6, 6.07) is 10.1. The molecule has 0 aliphatic heterocycles. The average molecular weight is 257 g/mol. The molecule has 4 heteroatoms.